The van der Waals surface area contributed by atoms with Gasteiger partial charge >= 0.3 is 0 Å². The Balaban J connectivity index is 0.00000450. The topological polar surface area (TPSA) is 84.0 Å². The van der Waals surface area contributed by atoms with Gasteiger partial charge in [0.15, 0.2) is 5.96 Å². The Morgan fingerprint density at radius 3 is 2.40 bits per heavy atom. The van der Waals surface area contributed by atoms with Crippen LogP contribution in [0.5, 0.6) is 11.5 Å². The van der Waals surface area contributed by atoms with Crippen molar-refractivity contribution in [1.82, 2.24) is 16.0 Å². The van der Waals surface area contributed by atoms with E-state index in [4.69, 9.17) is 9.47 Å². The van der Waals surface area contributed by atoms with Crippen LogP contribution < -0.4 is 25.4 Å². The fraction of sp³-hybridized carbons (Fsp3) is 0.636. The quantitative estimate of drug-likeness (QED) is 0.207. The van der Waals surface area contributed by atoms with Crippen LogP contribution in [0.4, 0.5) is 0 Å². The second kappa shape index (κ2) is 12.9. The number of hydrogen-bond acceptors (Lipinski definition) is 4. The lowest BCUT2D eigenvalue weighted by atomic mass is 9.96. The van der Waals surface area contributed by atoms with Crippen molar-refractivity contribution < 1.29 is 14.3 Å². The first-order valence-electron chi connectivity index (χ1n) is 10.4. The number of methoxy groups -OCH3 is 1. The molecule has 30 heavy (non-hydrogen) atoms. The number of nitrogens with one attached hydrogen (secondary N) is 3. The Morgan fingerprint density at radius 2 is 1.80 bits per heavy atom. The highest BCUT2D eigenvalue weighted by Gasteiger charge is 2.20. The van der Waals surface area contributed by atoms with E-state index in [9.17, 15) is 4.79 Å². The number of ether oxygens (including phenoxy) is 2. The molecule has 0 aliphatic heterocycles. The number of carbonyl (C=O) groups excluding carboxylic acids is 1. The first-order chi connectivity index (χ1) is 13.8. The molecule has 1 aliphatic carbocycles. The molecule has 1 aliphatic rings. The van der Waals surface area contributed by atoms with Gasteiger partial charge in [-0.25, -0.2) is 0 Å². The molecular formula is C22H37IN4O3. The minimum Gasteiger partial charge on any atom is -0.497 e. The van der Waals surface area contributed by atoms with Crippen molar-refractivity contribution in [2.75, 3.05) is 27.2 Å². The number of benzene rings is 1. The van der Waals surface area contributed by atoms with E-state index < -0.39 is 0 Å². The number of halogens is 1. The number of hydrogen-bond donors (Lipinski definition) is 3. The van der Waals surface area contributed by atoms with Crippen molar-refractivity contribution >= 4 is 35.8 Å². The molecular weight excluding hydrogens is 495 g/mol. The lowest BCUT2D eigenvalue weighted by molar-refractivity contribution is -0.128. The second-order valence-electron chi connectivity index (χ2n) is 8.36. The van der Waals surface area contributed by atoms with Crippen LogP contribution in [0.2, 0.25) is 0 Å². The average molecular weight is 532 g/mol. The van der Waals surface area contributed by atoms with Gasteiger partial charge in [-0.05, 0) is 37.8 Å². The minimum atomic E-state index is -0.385. The van der Waals surface area contributed by atoms with E-state index >= 15 is 0 Å². The summed E-state index contributed by atoms with van der Waals surface area (Å²) in [7, 11) is 3.39. The fourth-order valence-corrected chi connectivity index (χ4v) is 3.13. The minimum absolute atomic E-state index is 0. The van der Waals surface area contributed by atoms with Gasteiger partial charge in [-0.2, -0.15) is 0 Å². The van der Waals surface area contributed by atoms with Gasteiger partial charge in [0.05, 0.1) is 13.2 Å². The summed E-state index contributed by atoms with van der Waals surface area (Å²) in [5, 5.41) is 9.45. The van der Waals surface area contributed by atoms with Crippen molar-refractivity contribution in [1.29, 1.82) is 0 Å². The van der Waals surface area contributed by atoms with Crippen LogP contribution in [0.3, 0.4) is 0 Å². The molecule has 1 amide bonds. The molecule has 1 fully saturated rings. The molecule has 0 radical (unpaired) electrons. The zero-order valence-electron chi connectivity index (χ0n) is 18.8. The van der Waals surface area contributed by atoms with Gasteiger partial charge in [0.2, 0.25) is 5.91 Å². The first kappa shape index (κ1) is 26.3. The lowest BCUT2D eigenvalue weighted by Gasteiger charge is -2.19. The maximum absolute atomic E-state index is 11.9. The summed E-state index contributed by atoms with van der Waals surface area (Å²) in [4.78, 5) is 16.2. The zero-order chi connectivity index (χ0) is 21.3. The maximum Gasteiger partial charge on any atom is 0.225 e. The van der Waals surface area contributed by atoms with Crippen molar-refractivity contribution in [3.05, 3.63) is 23.8 Å². The largest absolute Gasteiger partial charge is 0.497 e. The Kier molecular flexibility index (Phi) is 11.3. The zero-order valence-corrected chi connectivity index (χ0v) is 21.2. The maximum atomic E-state index is 11.9. The molecule has 0 saturated heterocycles. The summed E-state index contributed by atoms with van der Waals surface area (Å²) in [5.74, 6) is 2.36. The fourth-order valence-electron chi connectivity index (χ4n) is 3.13. The monoisotopic (exact) mass is 532 g/mol. The molecule has 170 valence electrons. The summed E-state index contributed by atoms with van der Waals surface area (Å²) < 4.78 is 11.6. The molecule has 7 nitrogen and oxygen atoms in total. The number of guanidine groups is 1. The number of carbonyl (C=O) groups is 1. The standard InChI is InChI=1S/C22H36N4O3.HI/c1-22(2,3)20(27)24-12-13-25-21(23-4)26-15-16-10-11-18(28-5)14-19(16)29-17-8-6-7-9-17;/h10-11,14,17H,6-9,12-13,15H2,1-5H3,(H,24,27)(H2,23,25,26);1H. The summed E-state index contributed by atoms with van der Waals surface area (Å²) in [6.07, 6.45) is 4.95. The molecule has 1 aromatic rings. The SMILES string of the molecule is CN=C(NCCNC(=O)C(C)(C)C)NCc1ccc(OC)cc1OC1CCCC1.I. The van der Waals surface area contributed by atoms with E-state index in [2.05, 4.69) is 20.9 Å². The average Bonchev–Trinajstić information content (AvgIpc) is 3.20. The van der Waals surface area contributed by atoms with E-state index in [0.29, 0.717) is 25.6 Å². The Labute approximate surface area is 197 Å². The van der Waals surface area contributed by atoms with Crippen LogP contribution >= 0.6 is 24.0 Å². The number of amides is 1. The van der Waals surface area contributed by atoms with Crippen molar-refractivity contribution in [3.8, 4) is 11.5 Å². The smallest absolute Gasteiger partial charge is 0.225 e. The van der Waals surface area contributed by atoms with Gasteiger partial charge in [-0.15, -0.1) is 24.0 Å². The molecule has 0 unspecified atom stereocenters. The van der Waals surface area contributed by atoms with Gasteiger partial charge in [-0.1, -0.05) is 20.8 Å². The summed E-state index contributed by atoms with van der Waals surface area (Å²) >= 11 is 0. The van der Waals surface area contributed by atoms with E-state index in [0.717, 1.165) is 29.9 Å². The van der Waals surface area contributed by atoms with Crippen molar-refractivity contribution in [2.24, 2.45) is 10.4 Å². The normalized spacial score (nSPS) is 14.6. The van der Waals surface area contributed by atoms with Crippen LogP contribution in [0.25, 0.3) is 0 Å². The Hall–Kier alpha value is -1.71. The molecule has 1 aromatic carbocycles. The Bertz CT molecular complexity index is 698. The third-order valence-corrected chi connectivity index (χ3v) is 4.92. The van der Waals surface area contributed by atoms with E-state index in [1.165, 1.54) is 12.8 Å². The molecule has 1 saturated carbocycles. The summed E-state index contributed by atoms with van der Waals surface area (Å²) in [6.45, 7) is 7.41. The van der Waals surface area contributed by atoms with Crippen LogP contribution in [0.15, 0.2) is 23.2 Å². The summed E-state index contributed by atoms with van der Waals surface area (Å²) in [5.41, 5.74) is 0.672. The molecule has 0 atom stereocenters. The van der Waals surface area contributed by atoms with Gasteiger partial charge < -0.3 is 25.4 Å². The molecule has 0 aromatic heterocycles. The predicted octanol–water partition coefficient (Wildman–Crippen LogP) is 3.46. The highest BCUT2D eigenvalue weighted by Crippen LogP contribution is 2.29. The van der Waals surface area contributed by atoms with E-state index in [1.54, 1.807) is 14.2 Å². The highest BCUT2D eigenvalue weighted by atomic mass is 127. The third-order valence-electron chi connectivity index (χ3n) is 4.92. The van der Waals surface area contributed by atoms with Crippen LogP contribution in [0, 0.1) is 5.41 Å². The van der Waals surface area contributed by atoms with Gasteiger partial charge in [0, 0.05) is 43.7 Å². The van der Waals surface area contributed by atoms with Gasteiger partial charge in [-0.3, -0.25) is 9.79 Å². The molecule has 0 heterocycles. The third kappa shape index (κ3) is 8.57. The highest BCUT2D eigenvalue weighted by molar-refractivity contribution is 14.0. The van der Waals surface area contributed by atoms with Gasteiger partial charge in [0.1, 0.15) is 11.5 Å². The number of rotatable bonds is 8. The molecule has 8 heteroatoms. The molecule has 0 spiro atoms. The number of aliphatic imine (C=N–C) groups is 1. The second-order valence-corrected chi connectivity index (χ2v) is 8.36. The molecule has 2 rings (SSSR count). The lowest BCUT2D eigenvalue weighted by Crippen LogP contribution is -2.43. The van der Waals surface area contributed by atoms with Crippen molar-refractivity contribution in [3.63, 3.8) is 0 Å². The summed E-state index contributed by atoms with van der Waals surface area (Å²) in [6, 6.07) is 5.91. The first-order valence-corrected chi connectivity index (χ1v) is 10.4. The van der Waals surface area contributed by atoms with Crippen LogP contribution in [-0.4, -0.2) is 45.2 Å². The van der Waals surface area contributed by atoms with Gasteiger partial charge in [0.25, 0.3) is 0 Å². The van der Waals surface area contributed by atoms with Crippen LogP contribution in [-0.2, 0) is 11.3 Å². The van der Waals surface area contributed by atoms with Crippen molar-refractivity contribution in [2.45, 2.75) is 59.1 Å². The van der Waals surface area contributed by atoms with E-state index in [1.807, 2.05) is 39.0 Å². The predicted molar refractivity (Wildman–Crippen MR) is 132 cm³/mol. The Morgan fingerprint density at radius 1 is 1.13 bits per heavy atom. The van der Waals surface area contributed by atoms with E-state index in [-0.39, 0.29) is 41.4 Å². The molecule has 3 N–H and O–H groups in total. The molecule has 0 bridgehead atoms. The van der Waals surface area contributed by atoms with Crippen LogP contribution in [0.1, 0.15) is 52.0 Å². The number of nitrogens with zero attached hydrogens (tertiary/aromatic N) is 1.